The monoisotopic (exact) mass is 499 g/mol. The first-order chi connectivity index (χ1) is 16.6. The highest BCUT2D eigenvalue weighted by atomic mass is 32.2. The van der Waals surface area contributed by atoms with E-state index in [1.807, 2.05) is 48.7 Å². The van der Waals surface area contributed by atoms with Gasteiger partial charge in [-0.1, -0.05) is 36.0 Å². The van der Waals surface area contributed by atoms with Gasteiger partial charge in [-0.05, 0) is 24.4 Å². The summed E-state index contributed by atoms with van der Waals surface area (Å²) in [5, 5.41) is 6.59. The molecule has 0 spiro atoms. The molecule has 0 bridgehead atoms. The summed E-state index contributed by atoms with van der Waals surface area (Å²) in [5.41, 5.74) is 0.871. The Labute approximate surface area is 207 Å². The molecule has 8 nitrogen and oxygen atoms in total. The van der Waals surface area contributed by atoms with Crippen molar-refractivity contribution in [3.05, 3.63) is 52.5 Å². The van der Waals surface area contributed by atoms with Crippen molar-refractivity contribution in [3.8, 4) is 0 Å². The predicted molar refractivity (Wildman–Crippen MR) is 135 cm³/mol. The van der Waals surface area contributed by atoms with Crippen molar-refractivity contribution >= 4 is 45.8 Å². The van der Waals surface area contributed by atoms with Crippen molar-refractivity contribution in [3.63, 3.8) is 0 Å². The lowest BCUT2D eigenvalue weighted by molar-refractivity contribution is -0.133. The van der Waals surface area contributed by atoms with E-state index >= 15 is 0 Å². The average Bonchev–Trinajstić information content (AvgIpc) is 3.39. The van der Waals surface area contributed by atoms with E-state index in [0.717, 1.165) is 52.9 Å². The van der Waals surface area contributed by atoms with Gasteiger partial charge in [0.15, 0.2) is 0 Å². The van der Waals surface area contributed by atoms with Crippen LogP contribution in [0.5, 0.6) is 0 Å². The number of thiophene rings is 1. The second-order valence-corrected chi connectivity index (χ2v) is 9.90. The second-order valence-electron chi connectivity index (χ2n) is 7.90. The number of carbonyl (C=O) groups is 2. The summed E-state index contributed by atoms with van der Waals surface area (Å²) < 4.78 is 5.43. The van der Waals surface area contributed by atoms with Crippen LogP contribution in [0.15, 0.2) is 46.8 Å². The van der Waals surface area contributed by atoms with Crippen LogP contribution in [0.3, 0.4) is 0 Å². The minimum absolute atomic E-state index is 0.0497. The highest BCUT2D eigenvalue weighted by molar-refractivity contribution is 8.00. The molecular weight excluding hydrogens is 470 g/mol. The number of likely N-dealkylation sites (N-methyl/N-ethyl adjacent to an activating group) is 1. The number of rotatable bonds is 10. The van der Waals surface area contributed by atoms with Gasteiger partial charge in [-0.2, -0.15) is 0 Å². The fourth-order valence-electron chi connectivity index (χ4n) is 3.66. The molecule has 1 aliphatic rings. The Balaban J connectivity index is 1.38. The molecule has 2 amide bonds. The van der Waals surface area contributed by atoms with E-state index in [1.165, 1.54) is 11.8 Å². The summed E-state index contributed by atoms with van der Waals surface area (Å²) in [6, 6.07) is 11.8. The fraction of sp³-hybridized carbons (Fsp3) is 0.417. The summed E-state index contributed by atoms with van der Waals surface area (Å²) >= 11 is 3.00. The van der Waals surface area contributed by atoms with Crippen LogP contribution in [-0.2, 0) is 27.4 Å². The SMILES string of the molecule is CCN(CC(=O)NCc1cccs1)C(=O)CSc1nc(CN2CCOCC2)nc2ccccc12. The molecule has 0 saturated carbocycles. The molecule has 1 aromatic carbocycles. The zero-order valence-corrected chi connectivity index (χ0v) is 20.9. The summed E-state index contributed by atoms with van der Waals surface area (Å²) in [6.07, 6.45) is 0. The Morgan fingerprint density at radius 3 is 2.76 bits per heavy atom. The topological polar surface area (TPSA) is 87.7 Å². The zero-order chi connectivity index (χ0) is 23.8. The fourth-order valence-corrected chi connectivity index (χ4v) is 5.24. The number of carbonyl (C=O) groups excluding carboxylic acids is 2. The van der Waals surface area contributed by atoms with Gasteiger partial charge in [0.2, 0.25) is 11.8 Å². The van der Waals surface area contributed by atoms with Crippen molar-refractivity contribution in [1.82, 2.24) is 25.1 Å². The van der Waals surface area contributed by atoms with Gasteiger partial charge in [-0.3, -0.25) is 14.5 Å². The van der Waals surface area contributed by atoms with E-state index in [1.54, 1.807) is 16.2 Å². The molecule has 34 heavy (non-hydrogen) atoms. The maximum absolute atomic E-state index is 12.9. The number of amides is 2. The highest BCUT2D eigenvalue weighted by Crippen LogP contribution is 2.26. The van der Waals surface area contributed by atoms with Gasteiger partial charge in [-0.15, -0.1) is 11.3 Å². The van der Waals surface area contributed by atoms with Crippen LogP contribution in [0.2, 0.25) is 0 Å². The molecular formula is C24H29N5O3S2. The number of hydrogen-bond acceptors (Lipinski definition) is 8. The Morgan fingerprint density at radius 2 is 2.00 bits per heavy atom. The quantitative estimate of drug-likeness (QED) is 0.339. The number of aromatic nitrogens is 2. The van der Waals surface area contributed by atoms with E-state index in [9.17, 15) is 9.59 Å². The Hall–Kier alpha value is -2.53. The minimum atomic E-state index is -0.158. The third-order valence-electron chi connectivity index (χ3n) is 5.52. The highest BCUT2D eigenvalue weighted by Gasteiger charge is 2.18. The van der Waals surface area contributed by atoms with Crippen LogP contribution in [-0.4, -0.2) is 76.7 Å². The molecule has 0 atom stereocenters. The molecule has 1 aliphatic heterocycles. The van der Waals surface area contributed by atoms with Crippen LogP contribution in [0.4, 0.5) is 0 Å². The smallest absolute Gasteiger partial charge is 0.239 e. The lowest BCUT2D eigenvalue weighted by Gasteiger charge is -2.26. The van der Waals surface area contributed by atoms with E-state index in [-0.39, 0.29) is 24.1 Å². The maximum Gasteiger partial charge on any atom is 0.239 e. The largest absolute Gasteiger partial charge is 0.379 e. The van der Waals surface area contributed by atoms with Crippen LogP contribution < -0.4 is 5.32 Å². The standard InChI is InChI=1S/C24H29N5O3S2/c1-2-29(16-22(30)25-14-18-6-5-13-33-18)23(31)17-34-24-19-7-3-4-8-20(19)26-21(27-24)15-28-9-11-32-12-10-28/h3-8,13H,2,9-12,14-17H2,1H3,(H,25,30). The first-order valence-corrected chi connectivity index (χ1v) is 13.2. The Bertz CT molecular complexity index is 1100. The van der Waals surface area contributed by atoms with E-state index in [4.69, 9.17) is 14.7 Å². The molecule has 4 rings (SSSR count). The number of fused-ring (bicyclic) bond motifs is 1. The van der Waals surface area contributed by atoms with Crippen molar-refractivity contribution in [1.29, 1.82) is 0 Å². The number of benzene rings is 1. The third kappa shape index (κ3) is 6.75. The van der Waals surface area contributed by atoms with Crippen LogP contribution in [0, 0.1) is 0 Å². The number of hydrogen-bond donors (Lipinski definition) is 1. The molecule has 10 heteroatoms. The number of ether oxygens (including phenoxy) is 1. The van der Waals surface area contributed by atoms with Crippen molar-refractivity contribution in [2.75, 3.05) is 45.1 Å². The lowest BCUT2D eigenvalue weighted by atomic mass is 10.2. The van der Waals surface area contributed by atoms with Crippen molar-refractivity contribution < 1.29 is 14.3 Å². The van der Waals surface area contributed by atoms with Crippen LogP contribution >= 0.6 is 23.1 Å². The number of morpholine rings is 1. The molecule has 180 valence electrons. The van der Waals surface area contributed by atoms with Crippen LogP contribution in [0.25, 0.3) is 10.9 Å². The first-order valence-electron chi connectivity index (χ1n) is 11.4. The van der Waals surface area contributed by atoms with Gasteiger partial charge >= 0.3 is 0 Å². The van der Waals surface area contributed by atoms with Gasteiger partial charge in [0.25, 0.3) is 0 Å². The molecule has 1 fully saturated rings. The third-order valence-corrected chi connectivity index (χ3v) is 7.38. The molecule has 1 saturated heterocycles. The van der Waals surface area contributed by atoms with Crippen molar-refractivity contribution in [2.24, 2.45) is 0 Å². The maximum atomic E-state index is 12.9. The number of nitrogens with one attached hydrogen (secondary N) is 1. The number of nitrogens with zero attached hydrogens (tertiary/aromatic N) is 4. The predicted octanol–water partition coefficient (Wildman–Crippen LogP) is 2.78. The summed E-state index contributed by atoms with van der Waals surface area (Å²) in [5.74, 6) is 0.713. The first kappa shape index (κ1) is 24.6. The normalized spacial score (nSPS) is 14.3. The van der Waals surface area contributed by atoms with E-state index in [2.05, 4.69) is 10.2 Å². The Morgan fingerprint density at radius 1 is 1.18 bits per heavy atom. The number of para-hydroxylation sites is 1. The molecule has 2 aromatic heterocycles. The van der Waals surface area contributed by atoms with Gasteiger partial charge in [0.05, 0.1) is 44.1 Å². The zero-order valence-electron chi connectivity index (χ0n) is 19.2. The molecule has 0 unspecified atom stereocenters. The lowest BCUT2D eigenvalue weighted by Crippen LogP contribution is -2.41. The minimum Gasteiger partial charge on any atom is -0.379 e. The molecule has 0 aliphatic carbocycles. The second kappa shape index (κ2) is 12.3. The number of thioether (sulfide) groups is 1. The molecule has 0 radical (unpaired) electrons. The van der Waals surface area contributed by atoms with Gasteiger partial charge in [0.1, 0.15) is 10.9 Å². The summed E-state index contributed by atoms with van der Waals surface area (Å²) in [4.78, 5) is 39.7. The summed E-state index contributed by atoms with van der Waals surface area (Å²) in [7, 11) is 0. The van der Waals surface area contributed by atoms with Crippen LogP contribution in [0.1, 0.15) is 17.6 Å². The van der Waals surface area contributed by atoms with E-state index in [0.29, 0.717) is 19.6 Å². The molecule has 3 heterocycles. The molecule has 1 N–H and O–H groups in total. The van der Waals surface area contributed by atoms with Gasteiger partial charge in [0, 0.05) is 29.9 Å². The van der Waals surface area contributed by atoms with E-state index < -0.39 is 0 Å². The average molecular weight is 500 g/mol. The Kier molecular flexibility index (Phi) is 8.86. The van der Waals surface area contributed by atoms with Gasteiger partial charge in [-0.25, -0.2) is 9.97 Å². The molecule has 3 aromatic rings. The van der Waals surface area contributed by atoms with Gasteiger partial charge < -0.3 is 15.0 Å². The van der Waals surface area contributed by atoms with Crippen molar-refractivity contribution in [2.45, 2.75) is 25.0 Å². The summed E-state index contributed by atoms with van der Waals surface area (Å²) in [6.45, 7) is 6.70.